The third-order valence-corrected chi connectivity index (χ3v) is 4.39. The van der Waals surface area contributed by atoms with Crippen LogP contribution in [0.15, 0.2) is 36.7 Å². The van der Waals surface area contributed by atoms with Crippen molar-refractivity contribution in [2.24, 2.45) is 5.92 Å². The minimum absolute atomic E-state index is 0.0363. The zero-order valence-electron chi connectivity index (χ0n) is 14.2. The molecule has 2 atom stereocenters. The van der Waals surface area contributed by atoms with Gasteiger partial charge in [-0.05, 0) is 23.6 Å². The summed E-state index contributed by atoms with van der Waals surface area (Å²) in [6, 6.07) is 7.82. The van der Waals surface area contributed by atoms with E-state index in [1.54, 1.807) is 18.5 Å². The second-order valence-electron chi connectivity index (χ2n) is 6.33. The van der Waals surface area contributed by atoms with E-state index in [0.29, 0.717) is 24.7 Å². The number of benzene rings is 1. The molecular formula is C19H23N3O2. The first kappa shape index (κ1) is 16.4. The van der Waals surface area contributed by atoms with Crippen LogP contribution in [-0.2, 0) is 11.2 Å². The molecule has 2 heterocycles. The number of hydrogen-bond acceptors (Lipinski definition) is 4. The third-order valence-electron chi connectivity index (χ3n) is 4.39. The Morgan fingerprint density at radius 3 is 2.88 bits per heavy atom. The van der Waals surface area contributed by atoms with Crippen molar-refractivity contribution in [3.63, 3.8) is 0 Å². The van der Waals surface area contributed by atoms with E-state index in [-0.39, 0.29) is 12.0 Å². The molecule has 1 amide bonds. The molecule has 3 rings (SSSR count). The van der Waals surface area contributed by atoms with Gasteiger partial charge in [0, 0.05) is 25.2 Å². The minimum Gasteiger partial charge on any atom is -0.487 e. The van der Waals surface area contributed by atoms with Gasteiger partial charge in [0.15, 0.2) is 5.82 Å². The van der Waals surface area contributed by atoms with Crippen LogP contribution in [0.4, 0.5) is 0 Å². The fourth-order valence-electron chi connectivity index (χ4n) is 2.83. The molecule has 0 saturated heterocycles. The Labute approximate surface area is 142 Å². The van der Waals surface area contributed by atoms with Gasteiger partial charge in [-0.25, -0.2) is 9.97 Å². The highest BCUT2D eigenvalue weighted by molar-refractivity contribution is 5.76. The summed E-state index contributed by atoms with van der Waals surface area (Å²) in [5.41, 5.74) is 2.04. The molecule has 0 spiro atoms. The number of hydrogen-bond donors (Lipinski definition) is 1. The molecule has 1 aromatic carbocycles. The standard InChI is InChI=1S/C19H23N3O2/c1-3-13(2)10-17(23)22-12-15-11-14-6-4-7-16(18(14)24-15)19-20-8-5-9-21-19/h4-9,13,15H,3,10-12H2,1-2H3,(H,22,23)/t13-,15-/m1/s1. The van der Waals surface area contributed by atoms with E-state index in [9.17, 15) is 4.79 Å². The quantitative estimate of drug-likeness (QED) is 0.887. The Balaban J connectivity index is 1.64. The molecule has 0 aliphatic carbocycles. The highest BCUT2D eigenvalue weighted by Crippen LogP contribution is 2.37. The molecule has 5 nitrogen and oxygen atoms in total. The van der Waals surface area contributed by atoms with E-state index in [0.717, 1.165) is 29.7 Å². The van der Waals surface area contributed by atoms with Gasteiger partial charge in [-0.2, -0.15) is 0 Å². The molecule has 0 radical (unpaired) electrons. The largest absolute Gasteiger partial charge is 0.487 e. The van der Waals surface area contributed by atoms with Crippen LogP contribution in [0.1, 0.15) is 32.3 Å². The lowest BCUT2D eigenvalue weighted by atomic mass is 10.0. The van der Waals surface area contributed by atoms with Crippen LogP contribution in [0.5, 0.6) is 5.75 Å². The second-order valence-corrected chi connectivity index (χ2v) is 6.33. The molecule has 0 bridgehead atoms. The average Bonchev–Trinajstić information content (AvgIpc) is 3.03. The maximum Gasteiger partial charge on any atom is 0.220 e. The number of fused-ring (bicyclic) bond motifs is 1. The van der Waals surface area contributed by atoms with Gasteiger partial charge in [-0.3, -0.25) is 4.79 Å². The van der Waals surface area contributed by atoms with Gasteiger partial charge in [0.1, 0.15) is 11.9 Å². The Hall–Kier alpha value is -2.43. The summed E-state index contributed by atoms with van der Waals surface area (Å²) in [5, 5.41) is 2.99. The molecule has 2 aromatic rings. The van der Waals surface area contributed by atoms with E-state index in [2.05, 4.69) is 35.2 Å². The van der Waals surface area contributed by atoms with Crippen LogP contribution in [0, 0.1) is 5.92 Å². The number of nitrogens with one attached hydrogen (secondary N) is 1. The van der Waals surface area contributed by atoms with Crippen molar-refractivity contribution in [1.29, 1.82) is 0 Å². The van der Waals surface area contributed by atoms with Crippen LogP contribution >= 0.6 is 0 Å². The first-order valence-corrected chi connectivity index (χ1v) is 8.50. The van der Waals surface area contributed by atoms with E-state index in [4.69, 9.17) is 4.74 Å². The first-order valence-electron chi connectivity index (χ1n) is 8.50. The van der Waals surface area contributed by atoms with Crippen LogP contribution in [-0.4, -0.2) is 28.5 Å². The minimum atomic E-state index is -0.0363. The summed E-state index contributed by atoms with van der Waals surface area (Å²) in [6.07, 6.45) is 5.79. The SMILES string of the molecule is CC[C@@H](C)CC(=O)NC[C@H]1Cc2cccc(-c3ncccn3)c2O1. The fraction of sp³-hybridized carbons (Fsp3) is 0.421. The van der Waals surface area contributed by atoms with Crippen LogP contribution in [0.25, 0.3) is 11.4 Å². The predicted molar refractivity (Wildman–Crippen MR) is 92.7 cm³/mol. The van der Waals surface area contributed by atoms with E-state index in [1.165, 1.54) is 0 Å². The Kier molecular flexibility index (Phi) is 5.08. The maximum absolute atomic E-state index is 11.9. The zero-order valence-corrected chi connectivity index (χ0v) is 14.2. The zero-order chi connectivity index (χ0) is 16.9. The summed E-state index contributed by atoms with van der Waals surface area (Å²) in [5.74, 6) is 2.00. The van der Waals surface area contributed by atoms with Crippen molar-refractivity contribution in [3.05, 3.63) is 42.2 Å². The number of aromatic nitrogens is 2. The summed E-state index contributed by atoms with van der Waals surface area (Å²) in [7, 11) is 0. The first-order chi connectivity index (χ1) is 11.7. The summed E-state index contributed by atoms with van der Waals surface area (Å²) < 4.78 is 6.08. The van der Waals surface area contributed by atoms with Crippen molar-refractivity contribution in [2.75, 3.05) is 6.54 Å². The Morgan fingerprint density at radius 2 is 2.12 bits per heavy atom. The van der Waals surface area contributed by atoms with Gasteiger partial charge in [0.2, 0.25) is 5.91 Å². The predicted octanol–water partition coefficient (Wildman–Crippen LogP) is 3.00. The normalized spacial score (nSPS) is 17.0. The molecule has 1 aliphatic rings. The number of nitrogens with zero attached hydrogens (tertiary/aromatic N) is 2. The highest BCUT2D eigenvalue weighted by atomic mass is 16.5. The molecule has 5 heteroatoms. The Morgan fingerprint density at radius 1 is 1.33 bits per heavy atom. The number of ether oxygens (including phenoxy) is 1. The number of carbonyl (C=O) groups is 1. The molecular weight excluding hydrogens is 302 g/mol. The van der Waals surface area contributed by atoms with Gasteiger partial charge in [-0.15, -0.1) is 0 Å². The summed E-state index contributed by atoms with van der Waals surface area (Å²) >= 11 is 0. The molecule has 1 N–H and O–H groups in total. The lowest BCUT2D eigenvalue weighted by molar-refractivity contribution is -0.122. The van der Waals surface area contributed by atoms with Gasteiger partial charge in [0.25, 0.3) is 0 Å². The lowest BCUT2D eigenvalue weighted by Gasteiger charge is -2.14. The van der Waals surface area contributed by atoms with E-state index >= 15 is 0 Å². The van der Waals surface area contributed by atoms with Crippen molar-refractivity contribution in [1.82, 2.24) is 15.3 Å². The molecule has 1 aromatic heterocycles. The van der Waals surface area contributed by atoms with E-state index in [1.807, 2.05) is 12.1 Å². The second kappa shape index (κ2) is 7.43. The van der Waals surface area contributed by atoms with Crippen molar-refractivity contribution >= 4 is 5.91 Å². The van der Waals surface area contributed by atoms with Crippen LogP contribution < -0.4 is 10.1 Å². The molecule has 24 heavy (non-hydrogen) atoms. The maximum atomic E-state index is 11.9. The lowest BCUT2D eigenvalue weighted by Crippen LogP contribution is -2.35. The molecule has 126 valence electrons. The van der Waals surface area contributed by atoms with Crippen LogP contribution in [0.3, 0.4) is 0 Å². The Bertz CT molecular complexity index is 703. The fourth-order valence-corrected chi connectivity index (χ4v) is 2.83. The van der Waals surface area contributed by atoms with Gasteiger partial charge < -0.3 is 10.1 Å². The molecule has 0 unspecified atom stereocenters. The van der Waals surface area contributed by atoms with Crippen molar-refractivity contribution < 1.29 is 9.53 Å². The summed E-state index contributed by atoms with van der Waals surface area (Å²) in [4.78, 5) is 20.6. The smallest absolute Gasteiger partial charge is 0.220 e. The third kappa shape index (κ3) is 3.72. The van der Waals surface area contributed by atoms with Crippen molar-refractivity contribution in [2.45, 2.75) is 39.2 Å². The van der Waals surface area contributed by atoms with Gasteiger partial charge in [-0.1, -0.05) is 32.4 Å². The molecule has 0 fully saturated rings. The summed E-state index contributed by atoms with van der Waals surface area (Å²) in [6.45, 7) is 4.72. The van der Waals surface area contributed by atoms with Crippen molar-refractivity contribution in [3.8, 4) is 17.1 Å². The average molecular weight is 325 g/mol. The number of para-hydroxylation sites is 1. The van der Waals surface area contributed by atoms with Gasteiger partial charge in [0.05, 0.1) is 12.1 Å². The molecule has 1 aliphatic heterocycles. The highest BCUT2D eigenvalue weighted by Gasteiger charge is 2.26. The molecule has 0 saturated carbocycles. The van der Waals surface area contributed by atoms with Crippen LogP contribution in [0.2, 0.25) is 0 Å². The monoisotopic (exact) mass is 325 g/mol. The number of carbonyl (C=O) groups excluding carboxylic acids is 1. The number of rotatable bonds is 6. The van der Waals surface area contributed by atoms with E-state index < -0.39 is 0 Å². The van der Waals surface area contributed by atoms with Gasteiger partial charge >= 0.3 is 0 Å². The number of amides is 1. The topological polar surface area (TPSA) is 64.1 Å².